The molecule has 7 nitrogen and oxygen atoms in total. The Hall–Kier alpha value is -1.96. The van der Waals surface area contributed by atoms with Crippen molar-refractivity contribution in [2.24, 2.45) is 0 Å². The van der Waals surface area contributed by atoms with Gasteiger partial charge < -0.3 is 15.2 Å². The van der Waals surface area contributed by atoms with Crippen LogP contribution in [0.25, 0.3) is 0 Å². The molecule has 19 heavy (non-hydrogen) atoms. The zero-order valence-electron chi connectivity index (χ0n) is 10.5. The van der Waals surface area contributed by atoms with Gasteiger partial charge in [-0.3, -0.25) is 9.59 Å². The zero-order valence-corrected chi connectivity index (χ0v) is 11.3. The number of rotatable bonds is 6. The molecule has 1 heterocycles. The number of ether oxygens (including phenoxy) is 1. The van der Waals surface area contributed by atoms with E-state index < -0.39 is 23.9 Å². The summed E-state index contributed by atoms with van der Waals surface area (Å²) in [5.74, 6) is -2.23. The highest BCUT2D eigenvalue weighted by atomic mass is 32.1. The number of hydrogen-bond donors (Lipinski definition) is 2. The Labute approximate surface area is 113 Å². The van der Waals surface area contributed by atoms with E-state index in [0.29, 0.717) is 9.88 Å². The highest BCUT2D eigenvalue weighted by molar-refractivity contribution is 7.13. The summed E-state index contributed by atoms with van der Waals surface area (Å²) in [6.07, 6.45) is 1.29. The van der Waals surface area contributed by atoms with Crippen LogP contribution in [0.2, 0.25) is 0 Å². The second kappa shape index (κ2) is 6.83. The average Bonchev–Trinajstić information content (AvgIpc) is 2.80. The quantitative estimate of drug-likeness (QED) is 0.741. The Balaban J connectivity index is 2.61. The third-order valence-corrected chi connectivity index (χ3v) is 3.22. The van der Waals surface area contributed by atoms with Gasteiger partial charge in [0.15, 0.2) is 0 Å². The van der Waals surface area contributed by atoms with Crippen LogP contribution in [0.1, 0.15) is 27.5 Å². The molecule has 1 amide bonds. The summed E-state index contributed by atoms with van der Waals surface area (Å²) >= 11 is 1.17. The molecule has 0 aromatic carbocycles. The molecular weight excluding hydrogens is 272 g/mol. The molecule has 0 aliphatic rings. The van der Waals surface area contributed by atoms with E-state index in [9.17, 15) is 14.4 Å². The Morgan fingerprint density at radius 1 is 1.53 bits per heavy atom. The van der Waals surface area contributed by atoms with Gasteiger partial charge in [0.1, 0.15) is 10.9 Å². The Bertz CT molecular complexity index is 485. The van der Waals surface area contributed by atoms with E-state index in [-0.39, 0.29) is 12.8 Å². The fourth-order valence-electron chi connectivity index (χ4n) is 1.32. The van der Waals surface area contributed by atoms with Crippen molar-refractivity contribution in [3.8, 4) is 0 Å². The van der Waals surface area contributed by atoms with Crippen molar-refractivity contribution in [1.82, 2.24) is 10.3 Å². The molecule has 0 aliphatic heterocycles. The molecule has 0 unspecified atom stereocenters. The SMILES string of the molecule is COC(=O)CC[C@H](NC(=O)c1cnc(C)s1)C(=O)O. The van der Waals surface area contributed by atoms with Gasteiger partial charge >= 0.3 is 11.9 Å². The number of amides is 1. The van der Waals surface area contributed by atoms with Crippen LogP contribution in [-0.4, -0.2) is 41.1 Å². The average molecular weight is 286 g/mol. The summed E-state index contributed by atoms with van der Waals surface area (Å²) in [6.45, 7) is 1.74. The minimum atomic E-state index is -1.20. The fraction of sp³-hybridized carbons (Fsp3) is 0.455. The van der Waals surface area contributed by atoms with Crippen molar-refractivity contribution < 1.29 is 24.2 Å². The number of nitrogens with zero attached hydrogens (tertiary/aromatic N) is 1. The Kier molecular flexibility index (Phi) is 5.43. The van der Waals surface area contributed by atoms with Crippen molar-refractivity contribution in [3.63, 3.8) is 0 Å². The fourth-order valence-corrected chi connectivity index (χ4v) is 2.00. The zero-order chi connectivity index (χ0) is 14.4. The van der Waals surface area contributed by atoms with E-state index in [2.05, 4.69) is 15.0 Å². The first-order valence-electron chi connectivity index (χ1n) is 5.47. The standard InChI is InChI=1S/C11H14N2O5S/c1-6-12-5-8(19-6)10(15)13-7(11(16)17)3-4-9(14)18-2/h5,7H,3-4H2,1-2H3,(H,13,15)(H,16,17)/t7-/m0/s1. The summed E-state index contributed by atoms with van der Waals surface area (Å²) in [7, 11) is 1.22. The molecule has 0 bridgehead atoms. The maximum absolute atomic E-state index is 11.8. The molecule has 1 aromatic heterocycles. The number of hydrogen-bond acceptors (Lipinski definition) is 6. The molecule has 0 spiro atoms. The summed E-state index contributed by atoms with van der Waals surface area (Å²) < 4.78 is 4.42. The third-order valence-electron chi connectivity index (χ3n) is 2.31. The van der Waals surface area contributed by atoms with Crippen molar-refractivity contribution in [2.45, 2.75) is 25.8 Å². The summed E-state index contributed by atoms with van der Waals surface area (Å²) in [4.78, 5) is 38.0. The first kappa shape index (κ1) is 15.1. The number of carboxylic acid groups (broad SMARTS) is 1. The predicted octanol–water partition coefficient (Wildman–Crippen LogP) is 0.588. The topological polar surface area (TPSA) is 106 Å². The molecule has 0 saturated carbocycles. The molecule has 1 rings (SSSR count). The first-order valence-corrected chi connectivity index (χ1v) is 6.28. The molecule has 0 fully saturated rings. The minimum absolute atomic E-state index is 0.0223. The monoisotopic (exact) mass is 286 g/mol. The van der Waals surface area contributed by atoms with E-state index >= 15 is 0 Å². The van der Waals surface area contributed by atoms with E-state index in [0.717, 1.165) is 0 Å². The van der Waals surface area contributed by atoms with Crippen molar-refractivity contribution in [1.29, 1.82) is 0 Å². The number of carbonyl (C=O) groups is 3. The van der Waals surface area contributed by atoms with E-state index in [1.807, 2.05) is 0 Å². The van der Waals surface area contributed by atoms with Gasteiger partial charge in [0, 0.05) is 6.42 Å². The van der Waals surface area contributed by atoms with Gasteiger partial charge in [0.25, 0.3) is 5.91 Å². The molecule has 8 heteroatoms. The maximum Gasteiger partial charge on any atom is 0.326 e. The molecule has 104 valence electrons. The predicted molar refractivity (Wildman–Crippen MR) is 67.0 cm³/mol. The van der Waals surface area contributed by atoms with Crippen LogP contribution in [0.4, 0.5) is 0 Å². The molecule has 2 N–H and O–H groups in total. The third kappa shape index (κ3) is 4.66. The minimum Gasteiger partial charge on any atom is -0.480 e. The van der Waals surface area contributed by atoms with Gasteiger partial charge in [0.2, 0.25) is 0 Å². The number of thiazole rings is 1. The van der Waals surface area contributed by atoms with Crippen LogP contribution < -0.4 is 5.32 Å². The van der Waals surface area contributed by atoms with Crippen LogP contribution in [0.15, 0.2) is 6.20 Å². The van der Waals surface area contributed by atoms with Crippen LogP contribution >= 0.6 is 11.3 Å². The maximum atomic E-state index is 11.8. The second-order valence-corrected chi connectivity index (χ2v) is 4.96. The molecule has 1 aromatic rings. The summed E-state index contributed by atoms with van der Waals surface area (Å²) in [5.41, 5.74) is 0. The van der Waals surface area contributed by atoms with E-state index in [4.69, 9.17) is 5.11 Å². The van der Waals surface area contributed by atoms with Crippen molar-refractivity contribution >= 4 is 29.2 Å². The Morgan fingerprint density at radius 2 is 2.21 bits per heavy atom. The molecule has 0 saturated heterocycles. The van der Waals surface area contributed by atoms with Crippen molar-refractivity contribution in [3.05, 3.63) is 16.1 Å². The Morgan fingerprint density at radius 3 is 2.68 bits per heavy atom. The van der Waals surface area contributed by atoms with Crippen LogP contribution in [-0.2, 0) is 14.3 Å². The first-order chi connectivity index (χ1) is 8.93. The lowest BCUT2D eigenvalue weighted by Gasteiger charge is -2.12. The molecule has 0 radical (unpaired) electrons. The number of carboxylic acids is 1. The van der Waals surface area contributed by atoms with Gasteiger partial charge in [-0.25, -0.2) is 9.78 Å². The normalized spacial score (nSPS) is 11.7. The lowest BCUT2D eigenvalue weighted by Crippen LogP contribution is -2.40. The van der Waals surface area contributed by atoms with Gasteiger partial charge in [-0.05, 0) is 13.3 Å². The highest BCUT2D eigenvalue weighted by Crippen LogP contribution is 2.12. The summed E-state index contributed by atoms with van der Waals surface area (Å²) in [5, 5.41) is 12.0. The van der Waals surface area contributed by atoms with Gasteiger partial charge in [-0.15, -0.1) is 11.3 Å². The number of nitrogens with one attached hydrogen (secondary N) is 1. The second-order valence-electron chi connectivity index (χ2n) is 3.72. The number of carbonyl (C=O) groups excluding carboxylic acids is 2. The summed E-state index contributed by atoms with van der Waals surface area (Å²) in [6, 6.07) is -1.13. The van der Waals surface area contributed by atoms with Crippen LogP contribution in [0.5, 0.6) is 0 Å². The molecular formula is C11H14N2O5S. The highest BCUT2D eigenvalue weighted by Gasteiger charge is 2.22. The van der Waals surface area contributed by atoms with Gasteiger partial charge in [-0.1, -0.05) is 0 Å². The number of esters is 1. The largest absolute Gasteiger partial charge is 0.480 e. The van der Waals surface area contributed by atoms with Crippen LogP contribution in [0, 0.1) is 6.92 Å². The van der Waals surface area contributed by atoms with E-state index in [1.165, 1.54) is 24.6 Å². The van der Waals surface area contributed by atoms with Crippen LogP contribution in [0.3, 0.4) is 0 Å². The lowest BCUT2D eigenvalue weighted by atomic mass is 10.1. The number of aryl methyl sites for hydroxylation is 1. The van der Waals surface area contributed by atoms with Crippen molar-refractivity contribution in [2.75, 3.05) is 7.11 Å². The number of aromatic nitrogens is 1. The smallest absolute Gasteiger partial charge is 0.326 e. The van der Waals surface area contributed by atoms with Gasteiger partial charge in [-0.2, -0.15) is 0 Å². The molecule has 1 atom stereocenters. The van der Waals surface area contributed by atoms with E-state index in [1.54, 1.807) is 6.92 Å². The lowest BCUT2D eigenvalue weighted by molar-refractivity contribution is -0.142. The van der Waals surface area contributed by atoms with Gasteiger partial charge in [0.05, 0.1) is 18.3 Å². The number of methoxy groups -OCH3 is 1. The number of aliphatic carboxylic acids is 1. The molecule has 0 aliphatic carbocycles.